The highest BCUT2D eigenvalue weighted by Gasteiger charge is 2.21. The van der Waals surface area contributed by atoms with Crippen LogP contribution < -0.4 is 5.32 Å². The van der Waals surface area contributed by atoms with Crippen LogP contribution in [0.2, 0.25) is 0 Å². The van der Waals surface area contributed by atoms with Gasteiger partial charge in [0.2, 0.25) is 5.91 Å². The predicted molar refractivity (Wildman–Crippen MR) is 98.1 cm³/mol. The molecule has 3 rings (SSSR count). The molecule has 1 saturated heterocycles. The lowest BCUT2D eigenvalue weighted by Gasteiger charge is -2.34. The summed E-state index contributed by atoms with van der Waals surface area (Å²) in [6, 6.07) is 6.49. The van der Waals surface area contributed by atoms with E-state index in [0.717, 1.165) is 50.7 Å². The largest absolute Gasteiger partial charge is 0.340 e. The smallest absolute Gasteiger partial charge is 0.219 e. The van der Waals surface area contributed by atoms with E-state index in [1.54, 1.807) is 25.3 Å². The number of halogens is 1. The standard InChI is InChI=1S/C19H26FN5O/c1-15(26)25-12-10-24(11-13-25)9-7-21-18(19-22-6-8-23(19)2)16-4-3-5-17(20)14-16/h3-6,8,14,18,21H,7,9-13H2,1-2H3. The van der Waals surface area contributed by atoms with Crippen molar-refractivity contribution < 1.29 is 9.18 Å². The highest BCUT2D eigenvalue weighted by molar-refractivity contribution is 5.73. The van der Waals surface area contributed by atoms with Gasteiger partial charge in [0.1, 0.15) is 11.6 Å². The van der Waals surface area contributed by atoms with Gasteiger partial charge in [0.25, 0.3) is 0 Å². The third kappa shape index (κ3) is 4.47. The molecular formula is C19H26FN5O. The van der Waals surface area contributed by atoms with Crippen LogP contribution in [-0.2, 0) is 11.8 Å². The van der Waals surface area contributed by atoms with Gasteiger partial charge in [-0.2, -0.15) is 0 Å². The van der Waals surface area contributed by atoms with E-state index in [2.05, 4.69) is 15.2 Å². The van der Waals surface area contributed by atoms with Gasteiger partial charge in [0.05, 0.1) is 6.04 Å². The third-order valence-corrected chi connectivity index (χ3v) is 4.89. The maximum absolute atomic E-state index is 13.7. The third-order valence-electron chi connectivity index (χ3n) is 4.89. The second-order valence-corrected chi connectivity index (χ2v) is 6.69. The molecular weight excluding hydrogens is 333 g/mol. The van der Waals surface area contributed by atoms with Gasteiger partial charge in [-0.05, 0) is 17.7 Å². The first-order chi connectivity index (χ1) is 12.5. The summed E-state index contributed by atoms with van der Waals surface area (Å²) in [4.78, 5) is 20.1. The van der Waals surface area contributed by atoms with Crippen molar-refractivity contribution >= 4 is 5.91 Å². The van der Waals surface area contributed by atoms with Crippen LogP contribution >= 0.6 is 0 Å². The highest BCUT2D eigenvalue weighted by atomic mass is 19.1. The number of carbonyl (C=O) groups is 1. The first-order valence-corrected chi connectivity index (χ1v) is 8.98. The van der Waals surface area contributed by atoms with Gasteiger partial charge >= 0.3 is 0 Å². The Morgan fingerprint density at radius 2 is 2.08 bits per heavy atom. The lowest BCUT2D eigenvalue weighted by atomic mass is 10.1. The summed E-state index contributed by atoms with van der Waals surface area (Å²) in [5.41, 5.74) is 0.862. The molecule has 1 aromatic heterocycles. The molecule has 1 aromatic carbocycles. The molecule has 1 fully saturated rings. The lowest BCUT2D eigenvalue weighted by Crippen LogP contribution is -2.49. The normalized spacial score (nSPS) is 16.7. The topological polar surface area (TPSA) is 53.4 Å². The van der Waals surface area contributed by atoms with E-state index in [1.165, 1.54) is 6.07 Å². The van der Waals surface area contributed by atoms with Crippen molar-refractivity contribution in [2.24, 2.45) is 7.05 Å². The molecule has 2 heterocycles. The second kappa shape index (κ2) is 8.42. The van der Waals surface area contributed by atoms with Gasteiger partial charge in [0, 0.05) is 65.6 Å². The monoisotopic (exact) mass is 359 g/mol. The molecule has 140 valence electrons. The van der Waals surface area contributed by atoms with Crippen LogP contribution in [0.25, 0.3) is 0 Å². The van der Waals surface area contributed by atoms with Crippen LogP contribution in [0.4, 0.5) is 4.39 Å². The summed E-state index contributed by atoms with van der Waals surface area (Å²) in [5.74, 6) is 0.754. The number of rotatable bonds is 6. The molecule has 1 aliphatic rings. The highest BCUT2D eigenvalue weighted by Crippen LogP contribution is 2.21. The van der Waals surface area contributed by atoms with Crippen molar-refractivity contribution in [3.8, 4) is 0 Å². The van der Waals surface area contributed by atoms with E-state index in [1.807, 2.05) is 28.8 Å². The quantitative estimate of drug-likeness (QED) is 0.847. The van der Waals surface area contributed by atoms with E-state index in [-0.39, 0.29) is 17.8 Å². The number of nitrogens with one attached hydrogen (secondary N) is 1. The van der Waals surface area contributed by atoms with Crippen LogP contribution in [0.15, 0.2) is 36.7 Å². The van der Waals surface area contributed by atoms with Gasteiger partial charge < -0.3 is 14.8 Å². The summed E-state index contributed by atoms with van der Waals surface area (Å²) in [6.07, 6.45) is 3.65. The van der Waals surface area contributed by atoms with Crippen molar-refractivity contribution in [1.82, 2.24) is 24.7 Å². The van der Waals surface area contributed by atoms with Crippen LogP contribution in [-0.4, -0.2) is 64.5 Å². The zero-order valence-electron chi connectivity index (χ0n) is 15.4. The summed E-state index contributed by atoms with van der Waals surface area (Å²) in [6.45, 7) is 6.58. The summed E-state index contributed by atoms with van der Waals surface area (Å²) >= 11 is 0. The summed E-state index contributed by atoms with van der Waals surface area (Å²) in [7, 11) is 1.94. The van der Waals surface area contributed by atoms with Gasteiger partial charge in [0.15, 0.2) is 0 Å². The second-order valence-electron chi connectivity index (χ2n) is 6.69. The van der Waals surface area contributed by atoms with Gasteiger partial charge in [-0.3, -0.25) is 9.69 Å². The van der Waals surface area contributed by atoms with Crippen molar-refractivity contribution in [3.05, 3.63) is 53.9 Å². The van der Waals surface area contributed by atoms with Crippen molar-refractivity contribution in [2.75, 3.05) is 39.3 Å². The number of nitrogens with zero attached hydrogens (tertiary/aromatic N) is 4. The Morgan fingerprint density at radius 1 is 1.31 bits per heavy atom. The average Bonchev–Trinajstić information content (AvgIpc) is 3.05. The van der Waals surface area contributed by atoms with Gasteiger partial charge in [-0.1, -0.05) is 12.1 Å². The Hall–Kier alpha value is -2.25. The van der Waals surface area contributed by atoms with E-state index in [9.17, 15) is 9.18 Å². The Bertz CT molecular complexity index is 739. The molecule has 1 aliphatic heterocycles. The fraction of sp³-hybridized carbons (Fsp3) is 0.474. The molecule has 0 saturated carbocycles. The van der Waals surface area contributed by atoms with Crippen molar-refractivity contribution in [3.63, 3.8) is 0 Å². The van der Waals surface area contributed by atoms with E-state index >= 15 is 0 Å². The number of carbonyl (C=O) groups excluding carboxylic acids is 1. The zero-order valence-corrected chi connectivity index (χ0v) is 15.4. The zero-order chi connectivity index (χ0) is 18.5. The van der Waals surface area contributed by atoms with Gasteiger partial charge in [-0.15, -0.1) is 0 Å². The van der Waals surface area contributed by atoms with Gasteiger partial charge in [-0.25, -0.2) is 9.37 Å². The van der Waals surface area contributed by atoms with Crippen LogP contribution in [0.3, 0.4) is 0 Å². The van der Waals surface area contributed by atoms with E-state index in [4.69, 9.17) is 0 Å². The first kappa shape index (κ1) is 18.5. The number of aryl methyl sites for hydroxylation is 1. The molecule has 1 atom stereocenters. The minimum absolute atomic E-state index is 0.142. The van der Waals surface area contributed by atoms with Crippen molar-refractivity contribution in [1.29, 1.82) is 0 Å². The molecule has 1 N–H and O–H groups in total. The van der Waals surface area contributed by atoms with E-state index in [0.29, 0.717) is 0 Å². The number of imidazole rings is 1. The first-order valence-electron chi connectivity index (χ1n) is 8.98. The Kier molecular flexibility index (Phi) is 6.00. The lowest BCUT2D eigenvalue weighted by molar-refractivity contribution is -0.130. The minimum Gasteiger partial charge on any atom is -0.340 e. The Labute approximate surface area is 153 Å². The van der Waals surface area contributed by atoms with Crippen molar-refractivity contribution in [2.45, 2.75) is 13.0 Å². The van der Waals surface area contributed by atoms with Crippen LogP contribution in [0, 0.1) is 5.82 Å². The van der Waals surface area contributed by atoms with Crippen LogP contribution in [0.1, 0.15) is 24.4 Å². The Morgan fingerprint density at radius 3 is 2.69 bits per heavy atom. The number of aromatic nitrogens is 2. The number of hydrogen-bond acceptors (Lipinski definition) is 4. The van der Waals surface area contributed by atoms with E-state index < -0.39 is 0 Å². The SMILES string of the molecule is CC(=O)N1CCN(CCNC(c2cccc(F)c2)c2nccn2C)CC1. The molecule has 7 heteroatoms. The molecule has 26 heavy (non-hydrogen) atoms. The molecule has 0 bridgehead atoms. The minimum atomic E-state index is -0.246. The fourth-order valence-electron chi connectivity index (χ4n) is 3.35. The Balaban J connectivity index is 1.61. The maximum atomic E-state index is 13.7. The molecule has 6 nitrogen and oxygen atoms in total. The molecule has 0 aliphatic carbocycles. The molecule has 0 spiro atoms. The van der Waals surface area contributed by atoms with Crippen LogP contribution in [0.5, 0.6) is 0 Å². The predicted octanol–water partition coefficient (Wildman–Crippen LogP) is 1.40. The average molecular weight is 359 g/mol. The maximum Gasteiger partial charge on any atom is 0.219 e. The molecule has 1 amide bonds. The summed E-state index contributed by atoms with van der Waals surface area (Å²) < 4.78 is 15.6. The number of hydrogen-bond donors (Lipinski definition) is 1. The number of benzene rings is 1. The summed E-state index contributed by atoms with van der Waals surface area (Å²) in [5, 5.41) is 3.52. The molecule has 0 radical (unpaired) electrons. The number of piperazine rings is 1. The number of amides is 1. The molecule has 2 aromatic rings. The fourth-order valence-corrected chi connectivity index (χ4v) is 3.35. The molecule has 1 unspecified atom stereocenters.